The summed E-state index contributed by atoms with van der Waals surface area (Å²) in [5.74, 6) is -0.546. The van der Waals surface area contributed by atoms with Crippen LogP contribution in [0.15, 0.2) is 5.16 Å². The van der Waals surface area contributed by atoms with Crippen LogP contribution >= 0.6 is 0 Å². The number of oxime groups is 1. The van der Waals surface area contributed by atoms with Crippen molar-refractivity contribution in [1.82, 2.24) is 0 Å². The Morgan fingerprint density at radius 3 is 2.47 bits per heavy atom. The molecule has 0 N–H and O–H groups in total. The van der Waals surface area contributed by atoms with Crippen molar-refractivity contribution >= 4 is 5.71 Å². The van der Waals surface area contributed by atoms with Crippen molar-refractivity contribution in [2.45, 2.75) is 58.4 Å². The second kappa shape index (κ2) is 6.17. The molecule has 0 aromatic heterocycles. The SMILES string of the molecule is CCOC(OCC)C1=NO[C@@H]([C@H]2COC(C)(C)O2)C1. The van der Waals surface area contributed by atoms with E-state index >= 15 is 0 Å². The van der Waals surface area contributed by atoms with Gasteiger partial charge in [0.05, 0.1) is 6.61 Å². The highest BCUT2D eigenvalue weighted by atomic mass is 16.8. The van der Waals surface area contributed by atoms with E-state index in [4.69, 9.17) is 23.8 Å². The average molecular weight is 273 g/mol. The number of ether oxygens (including phenoxy) is 4. The lowest BCUT2D eigenvalue weighted by atomic mass is 10.1. The number of hydrogen-bond donors (Lipinski definition) is 0. The predicted molar refractivity (Wildman–Crippen MR) is 68.9 cm³/mol. The first-order chi connectivity index (χ1) is 9.05. The van der Waals surface area contributed by atoms with Crippen molar-refractivity contribution in [2.75, 3.05) is 19.8 Å². The van der Waals surface area contributed by atoms with Crippen molar-refractivity contribution in [2.24, 2.45) is 5.16 Å². The van der Waals surface area contributed by atoms with Crippen molar-refractivity contribution in [3.8, 4) is 0 Å². The van der Waals surface area contributed by atoms with E-state index in [1.807, 2.05) is 27.7 Å². The van der Waals surface area contributed by atoms with Crippen molar-refractivity contribution < 1.29 is 23.8 Å². The fourth-order valence-electron chi connectivity index (χ4n) is 2.20. The number of nitrogens with zero attached hydrogens (tertiary/aromatic N) is 1. The molecule has 0 amide bonds. The summed E-state index contributed by atoms with van der Waals surface area (Å²) < 4.78 is 22.3. The monoisotopic (exact) mass is 273 g/mol. The van der Waals surface area contributed by atoms with E-state index in [9.17, 15) is 0 Å². The van der Waals surface area contributed by atoms with Crippen LogP contribution in [0, 0.1) is 0 Å². The lowest BCUT2D eigenvalue weighted by Gasteiger charge is -2.20. The zero-order valence-electron chi connectivity index (χ0n) is 12.0. The molecule has 0 spiro atoms. The molecule has 2 heterocycles. The smallest absolute Gasteiger partial charge is 0.200 e. The highest BCUT2D eigenvalue weighted by molar-refractivity contribution is 5.88. The van der Waals surface area contributed by atoms with Gasteiger partial charge < -0.3 is 23.8 Å². The van der Waals surface area contributed by atoms with Crippen molar-refractivity contribution in [1.29, 1.82) is 0 Å². The Balaban J connectivity index is 1.87. The molecule has 0 aliphatic carbocycles. The largest absolute Gasteiger partial charge is 0.389 e. The lowest BCUT2D eigenvalue weighted by Crippen LogP contribution is -2.33. The van der Waals surface area contributed by atoms with E-state index in [0.29, 0.717) is 26.2 Å². The van der Waals surface area contributed by atoms with E-state index < -0.39 is 12.1 Å². The molecule has 6 nitrogen and oxygen atoms in total. The van der Waals surface area contributed by atoms with E-state index in [1.165, 1.54) is 0 Å². The molecule has 2 aliphatic rings. The van der Waals surface area contributed by atoms with Crippen molar-refractivity contribution in [3.05, 3.63) is 0 Å². The lowest BCUT2D eigenvalue weighted by molar-refractivity contribution is -0.153. The zero-order chi connectivity index (χ0) is 13.9. The fraction of sp³-hybridized carbons (Fsp3) is 0.923. The first-order valence-electron chi connectivity index (χ1n) is 6.83. The van der Waals surface area contributed by atoms with Crippen LogP contribution in [0.5, 0.6) is 0 Å². The van der Waals surface area contributed by atoms with E-state index in [-0.39, 0.29) is 12.2 Å². The van der Waals surface area contributed by atoms with Gasteiger partial charge in [-0.2, -0.15) is 0 Å². The van der Waals surface area contributed by atoms with Gasteiger partial charge >= 0.3 is 0 Å². The van der Waals surface area contributed by atoms with Crippen LogP contribution in [0.2, 0.25) is 0 Å². The molecule has 0 radical (unpaired) electrons. The average Bonchev–Trinajstić information content (AvgIpc) is 2.95. The van der Waals surface area contributed by atoms with E-state index in [0.717, 1.165) is 5.71 Å². The maximum Gasteiger partial charge on any atom is 0.200 e. The topological polar surface area (TPSA) is 58.5 Å². The standard InChI is InChI=1S/C13H23NO5/c1-5-15-12(16-6-2)9-7-10(19-14-9)11-8-17-13(3,4)18-11/h10-12H,5-8H2,1-4H3/t10-,11-/m1/s1. The van der Waals surface area contributed by atoms with Gasteiger partial charge in [-0.3, -0.25) is 0 Å². The Bertz CT molecular complexity index is 325. The van der Waals surface area contributed by atoms with Gasteiger partial charge in [-0.25, -0.2) is 0 Å². The predicted octanol–water partition coefficient (Wildman–Crippen LogP) is 1.68. The molecule has 0 aromatic carbocycles. The normalized spacial score (nSPS) is 29.6. The van der Waals surface area contributed by atoms with Gasteiger partial charge in [-0.15, -0.1) is 0 Å². The third-order valence-corrected chi connectivity index (χ3v) is 3.07. The summed E-state index contributed by atoms with van der Waals surface area (Å²) in [5.41, 5.74) is 0.780. The Kier molecular flexibility index (Phi) is 4.78. The minimum absolute atomic E-state index is 0.0971. The summed E-state index contributed by atoms with van der Waals surface area (Å²) in [6, 6.07) is 0. The molecule has 1 fully saturated rings. The second-order valence-electron chi connectivity index (χ2n) is 5.04. The first kappa shape index (κ1) is 14.7. The Hall–Kier alpha value is -0.690. The summed E-state index contributed by atoms with van der Waals surface area (Å²) in [6.45, 7) is 9.32. The minimum Gasteiger partial charge on any atom is -0.389 e. The van der Waals surface area contributed by atoms with Gasteiger partial charge in [-0.05, 0) is 27.7 Å². The van der Waals surface area contributed by atoms with Crippen LogP contribution < -0.4 is 0 Å². The summed E-state index contributed by atoms with van der Waals surface area (Å²) in [7, 11) is 0. The van der Waals surface area contributed by atoms with Crippen molar-refractivity contribution in [3.63, 3.8) is 0 Å². The quantitative estimate of drug-likeness (QED) is 0.689. The highest BCUT2D eigenvalue weighted by Crippen LogP contribution is 2.29. The van der Waals surface area contributed by atoms with Crippen LogP contribution in [0.25, 0.3) is 0 Å². The number of hydrogen-bond acceptors (Lipinski definition) is 6. The zero-order valence-corrected chi connectivity index (χ0v) is 12.0. The summed E-state index contributed by atoms with van der Waals surface area (Å²) >= 11 is 0. The Labute approximate surface area is 114 Å². The van der Waals surface area contributed by atoms with Gasteiger partial charge in [0, 0.05) is 19.6 Å². The van der Waals surface area contributed by atoms with Crippen LogP contribution in [-0.4, -0.2) is 49.8 Å². The molecule has 19 heavy (non-hydrogen) atoms. The van der Waals surface area contributed by atoms with Crippen LogP contribution in [0.3, 0.4) is 0 Å². The molecular weight excluding hydrogens is 250 g/mol. The van der Waals surface area contributed by atoms with Gasteiger partial charge in [0.15, 0.2) is 11.9 Å². The summed E-state index contributed by atoms with van der Waals surface area (Å²) in [5, 5.41) is 4.08. The minimum atomic E-state index is -0.546. The van der Waals surface area contributed by atoms with Gasteiger partial charge in [0.2, 0.25) is 6.29 Å². The van der Waals surface area contributed by atoms with Crippen LogP contribution in [0.1, 0.15) is 34.1 Å². The molecule has 2 rings (SSSR count). The maximum atomic E-state index is 5.78. The number of rotatable bonds is 6. The third-order valence-electron chi connectivity index (χ3n) is 3.07. The maximum absolute atomic E-state index is 5.78. The second-order valence-corrected chi connectivity index (χ2v) is 5.04. The van der Waals surface area contributed by atoms with E-state index in [2.05, 4.69) is 5.16 Å². The summed E-state index contributed by atoms with van der Waals surface area (Å²) in [6.07, 6.45) is 0.00470. The molecule has 1 saturated heterocycles. The Morgan fingerprint density at radius 2 is 1.95 bits per heavy atom. The molecule has 6 heteroatoms. The molecule has 0 aromatic rings. The molecular formula is C13H23NO5. The molecule has 110 valence electrons. The molecule has 2 aliphatic heterocycles. The third kappa shape index (κ3) is 3.66. The molecule has 0 saturated carbocycles. The molecule has 2 atom stereocenters. The highest BCUT2D eigenvalue weighted by Gasteiger charge is 2.42. The molecule has 0 bridgehead atoms. The van der Waals surface area contributed by atoms with Gasteiger partial charge in [0.25, 0.3) is 0 Å². The summed E-state index contributed by atoms with van der Waals surface area (Å²) in [4.78, 5) is 5.44. The fourth-order valence-corrected chi connectivity index (χ4v) is 2.20. The van der Waals surface area contributed by atoms with Gasteiger partial charge in [0.1, 0.15) is 11.8 Å². The molecule has 0 unspecified atom stereocenters. The van der Waals surface area contributed by atoms with Crippen LogP contribution in [-0.2, 0) is 23.8 Å². The first-order valence-corrected chi connectivity index (χ1v) is 6.83. The van der Waals surface area contributed by atoms with Crippen LogP contribution in [0.4, 0.5) is 0 Å². The Morgan fingerprint density at radius 1 is 1.26 bits per heavy atom. The van der Waals surface area contributed by atoms with Gasteiger partial charge in [-0.1, -0.05) is 5.16 Å². The van der Waals surface area contributed by atoms with E-state index in [1.54, 1.807) is 0 Å².